The molecule has 1 N–H and O–H groups in total. The molecule has 2 aliphatic rings. The molecule has 58 valence electrons. The van der Waals surface area contributed by atoms with E-state index in [-0.39, 0.29) is 6.23 Å². The highest BCUT2D eigenvalue weighted by molar-refractivity contribution is 4.91. The van der Waals surface area contributed by atoms with Crippen LogP contribution in [0.15, 0.2) is 0 Å². The van der Waals surface area contributed by atoms with E-state index in [9.17, 15) is 0 Å². The number of hydrogen-bond donors (Lipinski definition) is 1. The topological polar surface area (TPSA) is 21.3 Å². The number of nitrogens with one attached hydrogen (secondary N) is 1. The standard InChI is InChI=1S/C8H15NO/c1-7-9-5-8(6-10-7)3-2-4-8/h7,9H,2-6H2,1H3/t7-/m1/s1. The summed E-state index contributed by atoms with van der Waals surface area (Å²) in [7, 11) is 0. The largest absolute Gasteiger partial charge is 0.363 e. The van der Waals surface area contributed by atoms with Gasteiger partial charge in [-0.3, -0.25) is 5.32 Å². The van der Waals surface area contributed by atoms with Crippen LogP contribution in [0.2, 0.25) is 0 Å². The molecule has 1 atom stereocenters. The van der Waals surface area contributed by atoms with Gasteiger partial charge in [0, 0.05) is 12.0 Å². The molecule has 2 nitrogen and oxygen atoms in total. The summed E-state index contributed by atoms with van der Waals surface area (Å²) in [4.78, 5) is 0. The molecular formula is C8H15NO. The maximum Gasteiger partial charge on any atom is 0.105 e. The Labute approximate surface area is 61.9 Å². The van der Waals surface area contributed by atoms with E-state index >= 15 is 0 Å². The van der Waals surface area contributed by atoms with Crippen molar-refractivity contribution in [3.8, 4) is 0 Å². The van der Waals surface area contributed by atoms with Gasteiger partial charge in [0.1, 0.15) is 6.23 Å². The van der Waals surface area contributed by atoms with Gasteiger partial charge in [0.15, 0.2) is 0 Å². The van der Waals surface area contributed by atoms with Gasteiger partial charge in [-0.1, -0.05) is 6.42 Å². The Bertz CT molecular complexity index is 121. The SMILES string of the molecule is C[C@@H]1NCC2(CCC2)CO1. The third-order valence-corrected chi connectivity index (χ3v) is 2.82. The van der Waals surface area contributed by atoms with Crippen LogP contribution in [-0.2, 0) is 4.74 Å². The molecule has 0 aromatic carbocycles. The van der Waals surface area contributed by atoms with Gasteiger partial charge < -0.3 is 4.74 Å². The summed E-state index contributed by atoms with van der Waals surface area (Å²) in [5.74, 6) is 0. The van der Waals surface area contributed by atoms with Crippen LogP contribution in [0, 0.1) is 5.41 Å². The molecule has 1 heterocycles. The molecule has 1 aliphatic heterocycles. The van der Waals surface area contributed by atoms with E-state index in [4.69, 9.17) is 4.74 Å². The minimum atomic E-state index is 0.284. The van der Waals surface area contributed by atoms with Crippen molar-refractivity contribution < 1.29 is 4.74 Å². The Kier molecular flexibility index (Phi) is 1.46. The van der Waals surface area contributed by atoms with Crippen molar-refractivity contribution in [2.75, 3.05) is 13.2 Å². The zero-order valence-electron chi connectivity index (χ0n) is 6.52. The Morgan fingerprint density at radius 2 is 2.30 bits per heavy atom. The molecule has 0 amide bonds. The van der Waals surface area contributed by atoms with Crippen molar-refractivity contribution in [3.05, 3.63) is 0 Å². The lowest BCUT2D eigenvalue weighted by molar-refractivity contribution is -0.0934. The maximum absolute atomic E-state index is 5.52. The van der Waals surface area contributed by atoms with Gasteiger partial charge in [0.25, 0.3) is 0 Å². The van der Waals surface area contributed by atoms with Crippen molar-refractivity contribution in [2.24, 2.45) is 5.41 Å². The molecule has 0 radical (unpaired) electrons. The lowest BCUT2D eigenvalue weighted by atomic mass is 9.69. The molecule has 1 saturated heterocycles. The van der Waals surface area contributed by atoms with Gasteiger partial charge in [-0.15, -0.1) is 0 Å². The van der Waals surface area contributed by atoms with Gasteiger partial charge in [0.2, 0.25) is 0 Å². The third-order valence-electron chi connectivity index (χ3n) is 2.82. The van der Waals surface area contributed by atoms with Crippen molar-refractivity contribution in [2.45, 2.75) is 32.4 Å². The summed E-state index contributed by atoms with van der Waals surface area (Å²) in [5, 5.41) is 3.35. The molecule has 2 fully saturated rings. The van der Waals surface area contributed by atoms with Crippen LogP contribution < -0.4 is 5.32 Å². The van der Waals surface area contributed by atoms with Gasteiger partial charge in [-0.05, 0) is 19.8 Å². The van der Waals surface area contributed by atoms with Crippen molar-refractivity contribution in [1.82, 2.24) is 5.32 Å². The molecule has 1 saturated carbocycles. The van der Waals surface area contributed by atoms with E-state index in [2.05, 4.69) is 12.2 Å². The first-order valence-corrected chi connectivity index (χ1v) is 4.16. The van der Waals surface area contributed by atoms with Gasteiger partial charge >= 0.3 is 0 Å². The summed E-state index contributed by atoms with van der Waals surface area (Å²) in [5.41, 5.74) is 0.548. The second-order valence-corrected chi connectivity index (χ2v) is 3.69. The Balaban J connectivity index is 1.90. The predicted molar refractivity (Wildman–Crippen MR) is 39.7 cm³/mol. The number of rotatable bonds is 0. The predicted octanol–water partition coefficient (Wildman–Crippen LogP) is 1.12. The maximum atomic E-state index is 5.52. The van der Waals surface area contributed by atoms with Crippen LogP contribution in [0.4, 0.5) is 0 Å². The quantitative estimate of drug-likeness (QED) is 0.546. The van der Waals surface area contributed by atoms with Crippen molar-refractivity contribution in [3.63, 3.8) is 0 Å². The molecule has 0 unspecified atom stereocenters. The van der Waals surface area contributed by atoms with E-state index in [1.807, 2.05) is 0 Å². The lowest BCUT2D eigenvalue weighted by Crippen LogP contribution is -2.52. The van der Waals surface area contributed by atoms with Crippen molar-refractivity contribution >= 4 is 0 Å². The first kappa shape index (κ1) is 6.62. The van der Waals surface area contributed by atoms with E-state index in [0.717, 1.165) is 6.61 Å². The summed E-state index contributed by atoms with van der Waals surface area (Å²) in [6, 6.07) is 0. The van der Waals surface area contributed by atoms with Crippen LogP contribution in [-0.4, -0.2) is 19.4 Å². The van der Waals surface area contributed by atoms with Crippen LogP contribution in [0.3, 0.4) is 0 Å². The van der Waals surface area contributed by atoms with Crippen LogP contribution in [0.1, 0.15) is 26.2 Å². The Morgan fingerprint density at radius 3 is 2.70 bits per heavy atom. The third kappa shape index (κ3) is 0.956. The Hall–Kier alpha value is -0.0800. The fourth-order valence-corrected chi connectivity index (χ4v) is 1.77. The highest BCUT2D eigenvalue weighted by Gasteiger charge is 2.39. The number of ether oxygens (including phenoxy) is 1. The lowest BCUT2D eigenvalue weighted by Gasteiger charge is -2.46. The average Bonchev–Trinajstić information content (AvgIpc) is 1.86. The van der Waals surface area contributed by atoms with Gasteiger partial charge in [-0.25, -0.2) is 0 Å². The molecule has 0 bridgehead atoms. The molecular weight excluding hydrogens is 126 g/mol. The Morgan fingerprint density at radius 1 is 1.50 bits per heavy atom. The highest BCUT2D eigenvalue weighted by Crippen LogP contribution is 2.42. The minimum Gasteiger partial charge on any atom is -0.363 e. The molecule has 0 aromatic rings. The summed E-state index contributed by atoms with van der Waals surface area (Å²) in [6.45, 7) is 4.24. The smallest absolute Gasteiger partial charge is 0.105 e. The second kappa shape index (κ2) is 2.21. The highest BCUT2D eigenvalue weighted by atomic mass is 16.5. The van der Waals surface area contributed by atoms with Crippen molar-refractivity contribution in [1.29, 1.82) is 0 Å². The normalized spacial score (nSPS) is 37.5. The molecule has 10 heavy (non-hydrogen) atoms. The average molecular weight is 141 g/mol. The van der Waals surface area contributed by atoms with E-state index < -0.39 is 0 Å². The second-order valence-electron chi connectivity index (χ2n) is 3.69. The summed E-state index contributed by atoms with van der Waals surface area (Å²) < 4.78 is 5.52. The minimum absolute atomic E-state index is 0.284. The van der Waals surface area contributed by atoms with Crippen LogP contribution in [0.5, 0.6) is 0 Å². The van der Waals surface area contributed by atoms with Crippen LogP contribution in [0.25, 0.3) is 0 Å². The summed E-state index contributed by atoms with van der Waals surface area (Å²) >= 11 is 0. The van der Waals surface area contributed by atoms with Gasteiger partial charge in [0.05, 0.1) is 6.61 Å². The zero-order valence-corrected chi connectivity index (χ0v) is 6.52. The molecule has 0 aromatic heterocycles. The van der Waals surface area contributed by atoms with Gasteiger partial charge in [-0.2, -0.15) is 0 Å². The van der Waals surface area contributed by atoms with E-state index in [0.29, 0.717) is 5.41 Å². The monoisotopic (exact) mass is 141 g/mol. The summed E-state index contributed by atoms with van der Waals surface area (Å²) in [6.07, 6.45) is 4.42. The molecule has 2 heteroatoms. The number of hydrogen-bond acceptors (Lipinski definition) is 2. The first-order valence-electron chi connectivity index (χ1n) is 4.16. The first-order chi connectivity index (χ1) is 4.81. The molecule has 1 spiro atoms. The molecule has 1 aliphatic carbocycles. The molecule has 2 rings (SSSR count). The fraction of sp³-hybridized carbons (Fsp3) is 1.00. The van der Waals surface area contributed by atoms with Crippen LogP contribution >= 0.6 is 0 Å². The zero-order chi connectivity index (χ0) is 7.03. The van der Waals surface area contributed by atoms with E-state index in [1.54, 1.807) is 0 Å². The van der Waals surface area contributed by atoms with E-state index in [1.165, 1.54) is 25.8 Å². The fourth-order valence-electron chi connectivity index (χ4n) is 1.77.